The molecule has 22 heavy (non-hydrogen) atoms. The van der Waals surface area contributed by atoms with Crippen LogP contribution in [0.4, 0.5) is 0 Å². The Labute approximate surface area is 138 Å². The molecule has 0 unspecified atom stereocenters. The van der Waals surface area contributed by atoms with Crippen LogP contribution in [0.15, 0.2) is 21.2 Å². The third-order valence-electron chi connectivity index (χ3n) is 4.40. The summed E-state index contributed by atoms with van der Waals surface area (Å²) in [6, 6.07) is 3.41. The Kier molecular flexibility index (Phi) is 4.83. The average molecular weight is 371 g/mol. The average Bonchev–Trinajstić information content (AvgIpc) is 3.18. The van der Waals surface area contributed by atoms with Crippen LogP contribution in [-0.2, 0) is 4.79 Å². The SMILES string of the molecule is O=C(C[NH+]1CCN(C(=O)c2ccc(Br)o2)CC1)N1CCCC1. The first-order valence-electron chi connectivity index (χ1n) is 7.79. The molecule has 6 nitrogen and oxygen atoms in total. The number of nitrogens with zero attached hydrogens (tertiary/aromatic N) is 2. The summed E-state index contributed by atoms with van der Waals surface area (Å²) in [5.74, 6) is 0.543. The molecular weight excluding hydrogens is 350 g/mol. The number of carbonyl (C=O) groups excluding carboxylic acids is 2. The number of hydrogen-bond acceptors (Lipinski definition) is 3. The number of piperazine rings is 1. The molecule has 2 fully saturated rings. The first-order chi connectivity index (χ1) is 10.6. The van der Waals surface area contributed by atoms with Crippen LogP contribution < -0.4 is 4.90 Å². The summed E-state index contributed by atoms with van der Waals surface area (Å²) in [5.41, 5.74) is 0. The number of likely N-dealkylation sites (tertiary alicyclic amines) is 1. The van der Waals surface area contributed by atoms with E-state index in [4.69, 9.17) is 4.42 Å². The van der Waals surface area contributed by atoms with E-state index < -0.39 is 0 Å². The lowest BCUT2D eigenvalue weighted by Crippen LogP contribution is -3.15. The third kappa shape index (κ3) is 3.52. The molecule has 3 heterocycles. The van der Waals surface area contributed by atoms with E-state index in [9.17, 15) is 9.59 Å². The number of halogens is 1. The van der Waals surface area contributed by atoms with Gasteiger partial charge >= 0.3 is 0 Å². The van der Waals surface area contributed by atoms with Crippen molar-refractivity contribution in [3.05, 3.63) is 22.6 Å². The van der Waals surface area contributed by atoms with Gasteiger partial charge in [0, 0.05) is 13.1 Å². The zero-order chi connectivity index (χ0) is 15.5. The number of carbonyl (C=O) groups is 2. The molecule has 0 aliphatic carbocycles. The minimum Gasteiger partial charge on any atom is -0.444 e. The van der Waals surface area contributed by atoms with Crippen molar-refractivity contribution in [1.29, 1.82) is 0 Å². The number of furan rings is 1. The molecule has 0 aromatic carbocycles. The van der Waals surface area contributed by atoms with Crippen molar-refractivity contribution in [3.63, 3.8) is 0 Å². The van der Waals surface area contributed by atoms with Gasteiger partial charge in [0.1, 0.15) is 0 Å². The van der Waals surface area contributed by atoms with Crippen LogP contribution in [0, 0.1) is 0 Å². The summed E-state index contributed by atoms with van der Waals surface area (Å²) >= 11 is 3.21. The van der Waals surface area contributed by atoms with E-state index in [0.29, 0.717) is 30.1 Å². The Morgan fingerprint density at radius 1 is 1.09 bits per heavy atom. The number of quaternary nitrogens is 1. The van der Waals surface area contributed by atoms with Crippen molar-refractivity contribution in [3.8, 4) is 0 Å². The van der Waals surface area contributed by atoms with Gasteiger partial charge in [0.05, 0.1) is 26.2 Å². The lowest BCUT2D eigenvalue weighted by molar-refractivity contribution is -0.896. The summed E-state index contributed by atoms with van der Waals surface area (Å²) in [6.07, 6.45) is 2.25. The summed E-state index contributed by atoms with van der Waals surface area (Å²) in [4.78, 5) is 29.5. The number of amides is 2. The molecule has 1 aromatic heterocycles. The van der Waals surface area contributed by atoms with E-state index in [1.165, 1.54) is 4.90 Å². The molecule has 0 atom stereocenters. The predicted molar refractivity (Wildman–Crippen MR) is 83.7 cm³/mol. The Morgan fingerprint density at radius 3 is 2.36 bits per heavy atom. The Hall–Kier alpha value is -1.34. The maximum absolute atomic E-state index is 12.3. The fourth-order valence-electron chi connectivity index (χ4n) is 3.08. The Bertz CT molecular complexity index is 546. The quantitative estimate of drug-likeness (QED) is 0.814. The summed E-state index contributed by atoms with van der Waals surface area (Å²) in [5, 5.41) is 0. The summed E-state index contributed by atoms with van der Waals surface area (Å²) < 4.78 is 5.88. The molecule has 0 spiro atoms. The van der Waals surface area contributed by atoms with E-state index in [1.807, 2.05) is 4.90 Å². The van der Waals surface area contributed by atoms with E-state index in [1.54, 1.807) is 17.0 Å². The molecule has 2 amide bonds. The molecular formula is C15H21BrN3O3+. The largest absolute Gasteiger partial charge is 0.444 e. The highest BCUT2D eigenvalue weighted by molar-refractivity contribution is 9.10. The molecule has 0 bridgehead atoms. The first-order valence-corrected chi connectivity index (χ1v) is 8.59. The van der Waals surface area contributed by atoms with Crippen molar-refractivity contribution in [2.75, 3.05) is 45.8 Å². The summed E-state index contributed by atoms with van der Waals surface area (Å²) in [6.45, 7) is 5.32. The van der Waals surface area contributed by atoms with Gasteiger partial charge in [-0.2, -0.15) is 0 Å². The number of hydrogen-bond donors (Lipinski definition) is 1. The highest BCUT2D eigenvalue weighted by atomic mass is 79.9. The molecule has 3 rings (SSSR count). The topological polar surface area (TPSA) is 58.2 Å². The first kappa shape index (κ1) is 15.6. The zero-order valence-corrected chi connectivity index (χ0v) is 14.1. The van der Waals surface area contributed by atoms with Crippen molar-refractivity contribution in [1.82, 2.24) is 9.80 Å². The van der Waals surface area contributed by atoms with Crippen LogP contribution in [0.3, 0.4) is 0 Å². The van der Waals surface area contributed by atoms with Crippen molar-refractivity contribution in [2.24, 2.45) is 0 Å². The van der Waals surface area contributed by atoms with Crippen LogP contribution >= 0.6 is 15.9 Å². The minimum atomic E-state index is -0.0735. The smallest absolute Gasteiger partial charge is 0.290 e. The Balaban J connectivity index is 1.47. The van der Waals surface area contributed by atoms with Crippen LogP contribution in [0.1, 0.15) is 23.4 Å². The van der Waals surface area contributed by atoms with E-state index in [2.05, 4.69) is 15.9 Å². The van der Waals surface area contributed by atoms with Gasteiger partial charge in [-0.3, -0.25) is 9.59 Å². The highest BCUT2D eigenvalue weighted by Crippen LogP contribution is 2.15. The van der Waals surface area contributed by atoms with Crippen LogP contribution in [-0.4, -0.2) is 67.4 Å². The number of rotatable bonds is 3. The molecule has 1 N–H and O–H groups in total. The van der Waals surface area contributed by atoms with Gasteiger partial charge in [0.2, 0.25) is 0 Å². The van der Waals surface area contributed by atoms with Gasteiger partial charge in [-0.05, 0) is 40.9 Å². The van der Waals surface area contributed by atoms with Gasteiger partial charge in [-0.15, -0.1) is 0 Å². The normalized spacial score (nSPS) is 19.7. The maximum atomic E-state index is 12.3. The van der Waals surface area contributed by atoms with Crippen molar-refractivity contribution >= 4 is 27.7 Å². The maximum Gasteiger partial charge on any atom is 0.290 e. The van der Waals surface area contributed by atoms with Crippen molar-refractivity contribution in [2.45, 2.75) is 12.8 Å². The van der Waals surface area contributed by atoms with Crippen LogP contribution in [0.2, 0.25) is 0 Å². The second-order valence-electron chi connectivity index (χ2n) is 5.91. The molecule has 2 aliphatic rings. The van der Waals surface area contributed by atoms with Gasteiger partial charge in [0.25, 0.3) is 11.8 Å². The van der Waals surface area contributed by atoms with Crippen LogP contribution in [0.25, 0.3) is 0 Å². The molecule has 7 heteroatoms. The third-order valence-corrected chi connectivity index (χ3v) is 4.83. The van der Waals surface area contributed by atoms with Gasteiger partial charge < -0.3 is 19.1 Å². The van der Waals surface area contributed by atoms with E-state index in [0.717, 1.165) is 39.0 Å². The van der Waals surface area contributed by atoms with E-state index >= 15 is 0 Å². The predicted octanol–water partition coefficient (Wildman–Crippen LogP) is 0.00520. The standard InChI is InChI=1S/C15H20BrN3O3/c16-13-4-3-12(22-13)15(21)19-9-7-17(8-10-19)11-14(20)18-5-1-2-6-18/h3-4H,1-2,5-11H2/p+1. The lowest BCUT2D eigenvalue weighted by atomic mass is 10.2. The fourth-order valence-corrected chi connectivity index (χ4v) is 3.39. The molecule has 0 radical (unpaired) electrons. The molecule has 120 valence electrons. The highest BCUT2D eigenvalue weighted by Gasteiger charge is 2.29. The monoisotopic (exact) mass is 370 g/mol. The zero-order valence-electron chi connectivity index (χ0n) is 12.5. The van der Waals surface area contributed by atoms with Gasteiger partial charge in [-0.1, -0.05) is 0 Å². The summed E-state index contributed by atoms with van der Waals surface area (Å²) in [7, 11) is 0. The molecule has 1 aromatic rings. The second kappa shape index (κ2) is 6.83. The Morgan fingerprint density at radius 2 is 1.77 bits per heavy atom. The van der Waals surface area contributed by atoms with Crippen LogP contribution in [0.5, 0.6) is 0 Å². The lowest BCUT2D eigenvalue weighted by Gasteiger charge is -2.32. The second-order valence-corrected chi connectivity index (χ2v) is 6.69. The van der Waals surface area contributed by atoms with Crippen molar-refractivity contribution < 1.29 is 18.9 Å². The molecule has 2 saturated heterocycles. The minimum absolute atomic E-state index is 0.0735. The fraction of sp³-hybridized carbons (Fsp3) is 0.600. The van der Waals surface area contributed by atoms with E-state index in [-0.39, 0.29) is 11.8 Å². The van der Waals surface area contributed by atoms with Gasteiger partial charge in [-0.25, -0.2) is 0 Å². The van der Waals surface area contributed by atoms with Gasteiger partial charge in [0.15, 0.2) is 17.0 Å². The molecule has 0 saturated carbocycles. The number of nitrogens with one attached hydrogen (secondary N) is 1. The molecule has 2 aliphatic heterocycles.